The Balaban J connectivity index is 8.75. The summed E-state index contributed by atoms with van der Waals surface area (Å²) in [6.07, 6.45) is -2.97. The molecule has 0 aromatic heterocycles. The van der Waals surface area contributed by atoms with Crippen molar-refractivity contribution in [2.75, 3.05) is 21.1 Å². The van der Waals surface area contributed by atoms with E-state index in [1.165, 1.54) is 20.9 Å². The molecule has 0 saturated carbocycles. The Morgan fingerprint density at radius 1 is 0.721 bits per heavy atom. The molecular weight excluding hydrogens is 562 g/mol. The van der Waals surface area contributed by atoms with E-state index in [2.05, 4.69) is 5.32 Å². The highest BCUT2D eigenvalue weighted by Gasteiger charge is 2.70. The van der Waals surface area contributed by atoms with Crippen LogP contribution in [0.3, 0.4) is 0 Å². The zero-order valence-corrected chi connectivity index (χ0v) is 27.7. The van der Waals surface area contributed by atoms with Crippen molar-refractivity contribution in [1.82, 2.24) is 15.1 Å². The number of Topliss-reactive ketones (excluding diaryl/α,β-unsaturated/α-hetero) is 3. The van der Waals surface area contributed by atoms with Gasteiger partial charge < -0.3 is 35.5 Å². The lowest BCUT2D eigenvalue weighted by atomic mass is 9.60. The van der Waals surface area contributed by atoms with Crippen LogP contribution in [0, 0.1) is 17.8 Å². The molecule has 5 N–H and O–H groups in total. The number of carbonyl (C=O) groups excluding carboxylic acids is 5. The summed E-state index contributed by atoms with van der Waals surface area (Å²) >= 11 is 0. The Hall–Kier alpha value is -2.74. The molecule has 0 aliphatic heterocycles. The highest BCUT2D eigenvalue weighted by molar-refractivity contribution is 6.30. The second kappa shape index (κ2) is 15.3. The van der Waals surface area contributed by atoms with Crippen molar-refractivity contribution < 1.29 is 49.2 Å². The first kappa shape index (κ1) is 40.3. The number of hydrogen-bond donors (Lipinski definition) is 5. The summed E-state index contributed by atoms with van der Waals surface area (Å²) in [5.41, 5.74) is -8.70. The SMILES string of the molecule is CC[C@H](C)[C@H](NC)C(=O)[C@@](C(=O)[C@@](C(=O)[C@](C)(O)C(=O)O)([C@@H](C)CC)N(C)C(=O)[C@@H](C)O)([C@@H](C)CC)N(C)C(=O)[C@@H](C)O. The number of ketones is 3. The summed E-state index contributed by atoms with van der Waals surface area (Å²) in [5.74, 6) is -10.7. The minimum absolute atomic E-state index is 0.0374. The molecule has 0 bridgehead atoms. The van der Waals surface area contributed by atoms with Crippen LogP contribution < -0.4 is 5.32 Å². The molecular formula is C30H53N3O10. The quantitative estimate of drug-likeness (QED) is 0.134. The summed E-state index contributed by atoms with van der Waals surface area (Å²) < 4.78 is 0. The van der Waals surface area contributed by atoms with Crippen molar-refractivity contribution >= 4 is 35.1 Å². The average Bonchev–Trinajstić information content (AvgIpc) is 2.95. The molecule has 0 heterocycles. The molecule has 0 fully saturated rings. The third kappa shape index (κ3) is 6.84. The summed E-state index contributed by atoms with van der Waals surface area (Å²) in [5, 5.41) is 44.5. The fourth-order valence-corrected chi connectivity index (χ4v) is 5.82. The zero-order valence-electron chi connectivity index (χ0n) is 27.7. The first-order valence-corrected chi connectivity index (χ1v) is 14.8. The molecule has 0 aliphatic carbocycles. The number of aliphatic hydroxyl groups excluding tert-OH is 2. The van der Waals surface area contributed by atoms with Gasteiger partial charge in [0.05, 0.1) is 6.04 Å². The van der Waals surface area contributed by atoms with E-state index in [1.54, 1.807) is 20.8 Å². The van der Waals surface area contributed by atoms with Gasteiger partial charge in [0.25, 0.3) is 11.8 Å². The van der Waals surface area contributed by atoms with Crippen LogP contribution in [0.1, 0.15) is 81.6 Å². The first-order valence-electron chi connectivity index (χ1n) is 14.8. The van der Waals surface area contributed by atoms with Crippen molar-refractivity contribution in [3.63, 3.8) is 0 Å². The lowest BCUT2D eigenvalue weighted by Gasteiger charge is -2.54. The Morgan fingerprint density at radius 2 is 1.09 bits per heavy atom. The lowest BCUT2D eigenvalue weighted by Crippen LogP contribution is -2.80. The van der Waals surface area contributed by atoms with E-state index in [1.807, 2.05) is 6.92 Å². The van der Waals surface area contributed by atoms with Gasteiger partial charge in [-0.3, -0.25) is 24.0 Å². The summed E-state index contributed by atoms with van der Waals surface area (Å²) in [6, 6.07) is -1.07. The average molecular weight is 616 g/mol. The zero-order chi connectivity index (χ0) is 34.4. The van der Waals surface area contributed by atoms with E-state index < -0.39 is 87.8 Å². The predicted molar refractivity (Wildman–Crippen MR) is 159 cm³/mol. The Bertz CT molecular complexity index is 1060. The molecule has 0 spiro atoms. The van der Waals surface area contributed by atoms with Crippen LogP contribution in [0.15, 0.2) is 0 Å². The third-order valence-corrected chi connectivity index (χ3v) is 9.16. The normalized spacial score (nSPS) is 20.1. The van der Waals surface area contributed by atoms with E-state index in [0.717, 1.165) is 32.8 Å². The largest absolute Gasteiger partial charge is 0.479 e. The van der Waals surface area contributed by atoms with Crippen molar-refractivity contribution in [3.05, 3.63) is 0 Å². The maximum atomic E-state index is 15.6. The van der Waals surface area contributed by atoms with Gasteiger partial charge in [-0.15, -0.1) is 0 Å². The number of nitrogens with one attached hydrogen (secondary N) is 1. The van der Waals surface area contributed by atoms with Gasteiger partial charge in [-0.1, -0.05) is 60.8 Å². The molecule has 13 nitrogen and oxygen atoms in total. The molecule has 0 aromatic carbocycles. The topological polar surface area (TPSA) is 202 Å². The Labute approximate surface area is 255 Å². The molecule has 0 aromatic rings. The number of likely N-dealkylation sites (N-methyl/N-ethyl adjacent to an activating group) is 3. The number of nitrogens with zero attached hydrogens (tertiary/aromatic N) is 2. The van der Waals surface area contributed by atoms with Crippen LogP contribution in [0.4, 0.5) is 0 Å². The standard InChI is InChI=1S/C30H53N3O10/c1-13-16(4)21(31-10)22(36)29(17(5)14-2,32(11)23(37)19(7)34)26(40)30(18(6)15-3,33(12)24(38)20(8)35)25(39)28(9,43)27(41)42/h16-21,31,34-35,43H,13-15H2,1-12H3,(H,41,42)/t16-,17-,18-,19+,20+,21-,28-,29+,30-/m0/s1. The van der Waals surface area contributed by atoms with Crippen molar-refractivity contribution in [1.29, 1.82) is 0 Å². The number of amides is 2. The van der Waals surface area contributed by atoms with E-state index in [-0.39, 0.29) is 12.8 Å². The fraction of sp³-hybridized carbons (Fsp3) is 0.800. The highest BCUT2D eigenvalue weighted by Crippen LogP contribution is 2.43. The molecule has 248 valence electrons. The molecule has 2 amide bonds. The first-order chi connectivity index (χ1) is 19.6. The lowest BCUT2D eigenvalue weighted by molar-refractivity contribution is -0.182. The van der Waals surface area contributed by atoms with E-state index >= 15 is 4.79 Å². The van der Waals surface area contributed by atoms with E-state index in [0.29, 0.717) is 18.2 Å². The molecule has 43 heavy (non-hydrogen) atoms. The molecule has 0 rings (SSSR count). The molecule has 0 aliphatic rings. The van der Waals surface area contributed by atoms with E-state index in [4.69, 9.17) is 0 Å². The molecule has 9 atom stereocenters. The number of carboxylic acid groups (broad SMARTS) is 1. The monoisotopic (exact) mass is 615 g/mol. The maximum Gasteiger partial charge on any atom is 0.343 e. The highest BCUT2D eigenvalue weighted by atomic mass is 16.4. The van der Waals surface area contributed by atoms with Crippen molar-refractivity contribution in [3.8, 4) is 0 Å². The van der Waals surface area contributed by atoms with Crippen LogP contribution in [-0.2, 0) is 28.8 Å². The van der Waals surface area contributed by atoms with Gasteiger partial charge >= 0.3 is 5.97 Å². The Kier molecular flexibility index (Phi) is 14.3. The fourth-order valence-electron chi connectivity index (χ4n) is 5.82. The van der Waals surface area contributed by atoms with Gasteiger partial charge in [-0.2, -0.15) is 0 Å². The van der Waals surface area contributed by atoms with Crippen LogP contribution in [0.25, 0.3) is 0 Å². The second-order valence-corrected chi connectivity index (χ2v) is 11.8. The van der Waals surface area contributed by atoms with Gasteiger partial charge in [0, 0.05) is 14.1 Å². The maximum absolute atomic E-state index is 15.6. The number of hydrogen-bond acceptors (Lipinski definition) is 10. The second-order valence-electron chi connectivity index (χ2n) is 11.8. The minimum atomic E-state index is -3.25. The van der Waals surface area contributed by atoms with Gasteiger partial charge in [-0.25, -0.2) is 4.79 Å². The smallest absolute Gasteiger partial charge is 0.343 e. The van der Waals surface area contributed by atoms with Gasteiger partial charge in [-0.05, 0) is 45.6 Å². The van der Waals surface area contributed by atoms with Crippen LogP contribution in [0.5, 0.6) is 0 Å². The molecule has 13 heteroatoms. The van der Waals surface area contributed by atoms with Crippen molar-refractivity contribution in [2.45, 2.75) is 117 Å². The third-order valence-electron chi connectivity index (χ3n) is 9.16. The van der Waals surface area contributed by atoms with Crippen molar-refractivity contribution in [2.24, 2.45) is 17.8 Å². The molecule has 0 saturated heterocycles. The van der Waals surface area contributed by atoms with Crippen LogP contribution >= 0.6 is 0 Å². The molecule has 0 radical (unpaired) electrons. The summed E-state index contributed by atoms with van der Waals surface area (Å²) in [7, 11) is 3.64. The number of rotatable bonds is 18. The van der Waals surface area contributed by atoms with Crippen LogP contribution in [0.2, 0.25) is 0 Å². The van der Waals surface area contributed by atoms with E-state index in [9.17, 15) is 44.4 Å². The van der Waals surface area contributed by atoms with Gasteiger partial charge in [0.2, 0.25) is 11.4 Å². The number of carbonyl (C=O) groups is 6. The number of aliphatic hydroxyl groups is 3. The Morgan fingerprint density at radius 3 is 1.40 bits per heavy atom. The number of aliphatic carboxylic acids is 1. The minimum Gasteiger partial charge on any atom is -0.479 e. The van der Waals surface area contributed by atoms with Gasteiger partial charge in [0.1, 0.15) is 12.2 Å². The summed E-state index contributed by atoms with van der Waals surface area (Å²) in [6.45, 7) is 12.5. The van der Waals surface area contributed by atoms with Gasteiger partial charge in [0.15, 0.2) is 22.6 Å². The number of carboxylic acids is 1. The molecule has 0 unspecified atom stereocenters. The predicted octanol–water partition coefficient (Wildman–Crippen LogP) is 0.412. The summed E-state index contributed by atoms with van der Waals surface area (Å²) in [4.78, 5) is 85.5. The van der Waals surface area contributed by atoms with Crippen LogP contribution in [-0.4, -0.2) is 121 Å².